The van der Waals surface area contributed by atoms with Crippen molar-refractivity contribution in [2.45, 2.75) is 138 Å². The maximum atomic E-state index is 5.29. The minimum absolute atomic E-state index is 0.0669. The van der Waals surface area contributed by atoms with Gasteiger partial charge in [-0.2, -0.15) is 15.3 Å². The van der Waals surface area contributed by atoms with Gasteiger partial charge in [0, 0.05) is 33.3 Å². The van der Waals surface area contributed by atoms with E-state index in [9.17, 15) is 0 Å². The monoisotopic (exact) mass is 506 g/mol. The molecule has 0 radical (unpaired) electrons. The minimum Gasteiger partial charge on any atom is -0.265 e. The van der Waals surface area contributed by atoms with Crippen LogP contribution >= 0.6 is 0 Å². The smallest absolute Gasteiger partial charge is 0.265 e. The average Bonchev–Trinajstić information content (AvgIpc) is 3.44. The molecule has 204 valence electrons. The summed E-state index contributed by atoms with van der Waals surface area (Å²) in [4.78, 5) is 0. The van der Waals surface area contributed by atoms with Crippen LogP contribution in [0.1, 0.15) is 156 Å². The molecule has 37 heavy (non-hydrogen) atoms. The summed E-state index contributed by atoms with van der Waals surface area (Å²) in [6, 6.07) is 6.85. The molecule has 3 aromatic rings. The third-order valence-electron chi connectivity index (χ3n) is 7.03. The Kier molecular flexibility index (Phi) is 7.73. The summed E-state index contributed by atoms with van der Waals surface area (Å²) >= 11 is 0. The van der Waals surface area contributed by atoms with E-state index in [0.29, 0.717) is 17.8 Å². The molecule has 0 aliphatic heterocycles. The van der Waals surface area contributed by atoms with Crippen LogP contribution in [0.2, 0.25) is 0 Å². The molecule has 3 aromatic heterocycles. The lowest BCUT2D eigenvalue weighted by molar-refractivity contribution is 0.547. The summed E-state index contributed by atoms with van der Waals surface area (Å²) < 4.78 is 6.59. The molecule has 6 nitrogen and oxygen atoms in total. The fourth-order valence-corrected chi connectivity index (χ4v) is 4.49. The first kappa shape index (κ1) is 29.3. The van der Waals surface area contributed by atoms with Crippen LogP contribution < -0.4 is 0 Å². The molecule has 0 spiro atoms. The van der Waals surface area contributed by atoms with E-state index >= 15 is 0 Å². The zero-order valence-electron chi connectivity index (χ0n) is 26.2. The van der Waals surface area contributed by atoms with Gasteiger partial charge < -0.3 is 0 Å². The summed E-state index contributed by atoms with van der Waals surface area (Å²) in [6.45, 7) is 33.6. The van der Waals surface area contributed by atoms with Gasteiger partial charge in [0.05, 0.1) is 17.1 Å². The van der Waals surface area contributed by atoms with Crippen molar-refractivity contribution < 1.29 is 0 Å². The summed E-state index contributed by atoms with van der Waals surface area (Å²) in [5.74, 6) is 0.893. The second kappa shape index (κ2) is 9.78. The van der Waals surface area contributed by atoms with Gasteiger partial charge in [-0.1, -0.05) is 104 Å². The zero-order chi connectivity index (χ0) is 28.2. The molecule has 0 aliphatic carbocycles. The third kappa shape index (κ3) is 5.91. The first-order chi connectivity index (χ1) is 16.7. The lowest BCUT2D eigenvalue weighted by atomic mass is 9.88. The van der Waals surface area contributed by atoms with Crippen molar-refractivity contribution in [2.24, 2.45) is 0 Å². The van der Waals surface area contributed by atoms with Crippen molar-refractivity contribution in [3.63, 3.8) is 0 Å². The van der Waals surface area contributed by atoms with Gasteiger partial charge in [0.15, 0.2) is 0 Å². The molecule has 0 aliphatic rings. The van der Waals surface area contributed by atoms with E-state index in [4.69, 9.17) is 15.3 Å². The number of nitrogens with zero attached hydrogens (tertiary/aromatic N) is 6. The molecule has 0 saturated heterocycles. The summed E-state index contributed by atoms with van der Waals surface area (Å²) in [7, 11) is -0.338. The molecule has 0 atom stereocenters. The molecule has 0 bridgehead atoms. The fraction of sp³-hybridized carbons (Fsp3) is 0.700. The number of rotatable bonds is 6. The SMILES string of the molecule is CC(C)c1cc(C(C)(C)C)nn1B(n1nc(C(C)(C)C)cc1C(C)C)n1nc(C(C)(C)C)cc1C(C)C. The van der Waals surface area contributed by atoms with Crippen molar-refractivity contribution in [3.8, 4) is 0 Å². The highest BCUT2D eigenvalue weighted by molar-refractivity contribution is 6.53. The number of hydrogen-bond donors (Lipinski definition) is 0. The van der Waals surface area contributed by atoms with E-state index in [-0.39, 0.29) is 23.4 Å². The second-order valence-corrected chi connectivity index (χ2v) is 14.8. The van der Waals surface area contributed by atoms with Crippen LogP contribution in [0.5, 0.6) is 0 Å². The molecule has 0 N–H and O–H groups in total. The Morgan fingerprint density at radius 2 is 0.703 bits per heavy atom. The Hall–Kier alpha value is -2.31. The molecule has 0 amide bonds. The highest BCUT2D eigenvalue weighted by atomic mass is 15.5. The van der Waals surface area contributed by atoms with Crippen LogP contribution in [0.25, 0.3) is 0 Å². The average molecular weight is 507 g/mol. The minimum atomic E-state index is -0.338. The summed E-state index contributed by atoms with van der Waals surface area (Å²) in [5.41, 5.74) is 6.65. The van der Waals surface area contributed by atoms with E-state index in [1.54, 1.807) is 0 Å². The van der Waals surface area contributed by atoms with Crippen LogP contribution in [0.15, 0.2) is 18.2 Å². The predicted molar refractivity (Wildman–Crippen MR) is 157 cm³/mol. The molecule has 3 heterocycles. The Morgan fingerprint density at radius 1 is 0.486 bits per heavy atom. The fourth-order valence-electron chi connectivity index (χ4n) is 4.49. The number of aromatic nitrogens is 6. The van der Waals surface area contributed by atoms with Gasteiger partial charge in [-0.05, 0) is 36.0 Å². The lowest BCUT2D eigenvalue weighted by Crippen LogP contribution is -2.47. The maximum Gasteiger partial charge on any atom is 0.569 e. The summed E-state index contributed by atoms with van der Waals surface area (Å²) in [5, 5.41) is 15.9. The van der Waals surface area contributed by atoms with Crippen molar-refractivity contribution >= 4 is 7.12 Å². The summed E-state index contributed by atoms with van der Waals surface area (Å²) in [6.07, 6.45) is 0. The van der Waals surface area contributed by atoms with Crippen LogP contribution in [0.3, 0.4) is 0 Å². The van der Waals surface area contributed by atoms with Crippen molar-refractivity contribution in [1.29, 1.82) is 0 Å². The van der Waals surface area contributed by atoms with E-state index in [0.717, 1.165) is 17.1 Å². The van der Waals surface area contributed by atoms with Crippen molar-refractivity contribution in [2.75, 3.05) is 0 Å². The van der Waals surface area contributed by atoms with Crippen LogP contribution in [-0.4, -0.2) is 36.2 Å². The normalized spacial score (nSPS) is 13.5. The van der Waals surface area contributed by atoms with E-state index < -0.39 is 0 Å². The molecule has 7 heteroatoms. The van der Waals surface area contributed by atoms with Gasteiger partial charge in [0.25, 0.3) is 0 Å². The van der Waals surface area contributed by atoms with Gasteiger partial charge >= 0.3 is 7.12 Å². The van der Waals surface area contributed by atoms with E-state index in [1.165, 1.54) is 17.1 Å². The predicted octanol–water partition coefficient (Wildman–Crippen LogP) is 7.47. The Labute approximate surface area is 226 Å². The van der Waals surface area contributed by atoms with Gasteiger partial charge in [-0.3, -0.25) is 13.8 Å². The zero-order valence-corrected chi connectivity index (χ0v) is 26.2. The van der Waals surface area contributed by atoms with Gasteiger partial charge in [-0.25, -0.2) is 0 Å². The van der Waals surface area contributed by atoms with Crippen molar-refractivity contribution in [3.05, 3.63) is 52.4 Å². The van der Waals surface area contributed by atoms with Crippen molar-refractivity contribution in [1.82, 2.24) is 29.1 Å². The van der Waals surface area contributed by atoms with Gasteiger partial charge in [0.1, 0.15) is 0 Å². The molecule has 0 saturated carbocycles. The van der Waals surface area contributed by atoms with E-state index in [2.05, 4.69) is 136 Å². The number of hydrogen-bond acceptors (Lipinski definition) is 3. The standard InChI is InChI=1S/C30H51BN6/c1-19(2)22-16-25(28(7,8)9)32-35(22)31(36-23(20(3)4)17-26(33-36)29(10,11)12)37-24(21(5)6)18-27(34-37)30(13,14)15/h16-21H,1-15H3. The first-order valence-electron chi connectivity index (χ1n) is 14.0. The Morgan fingerprint density at radius 3 is 0.865 bits per heavy atom. The third-order valence-corrected chi connectivity index (χ3v) is 7.03. The van der Waals surface area contributed by atoms with Crippen LogP contribution in [-0.2, 0) is 16.2 Å². The molecule has 3 rings (SSSR count). The highest BCUT2D eigenvalue weighted by Gasteiger charge is 2.39. The topological polar surface area (TPSA) is 53.5 Å². The molecule has 0 aromatic carbocycles. The Bertz CT molecular complexity index is 1070. The molecular weight excluding hydrogens is 455 g/mol. The quantitative estimate of drug-likeness (QED) is 0.326. The van der Waals surface area contributed by atoms with Crippen LogP contribution in [0.4, 0.5) is 0 Å². The molecule has 0 fully saturated rings. The molecular formula is C30H51BN6. The largest absolute Gasteiger partial charge is 0.569 e. The highest BCUT2D eigenvalue weighted by Crippen LogP contribution is 2.31. The maximum absolute atomic E-state index is 5.29. The molecule has 0 unspecified atom stereocenters. The van der Waals surface area contributed by atoms with Crippen LogP contribution in [0, 0.1) is 0 Å². The van der Waals surface area contributed by atoms with Gasteiger partial charge in [-0.15, -0.1) is 0 Å². The first-order valence-corrected chi connectivity index (χ1v) is 14.0. The second-order valence-electron chi connectivity index (χ2n) is 14.8. The van der Waals surface area contributed by atoms with Gasteiger partial charge in [0.2, 0.25) is 0 Å². The lowest BCUT2D eigenvalue weighted by Gasteiger charge is -2.24. The van der Waals surface area contributed by atoms with E-state index in [1.807, 2.05) is 0 Å². The Balaban J connectivity index is 2.48.